The van der Waals surface area contributed by atoms with E-state index < -0.39 is 0 Å². The molecule has 0 fully saturated rings. The number of thioether (sulfide) groups is 1. The molecule has 0 bridgehead atoms. The van der Waals surface area contributed by atoms with Crippen molar-refractivity contribution in [2.45, 2.75) is 11.8 Å². The summed E-state index contributed by atoms with van der Waals surface area (Å²) in [5.41, 5.74) is 3.89. The van der Waals surface area contributed by atoms with Crippen molar-refractivity contribution < 1.29 is 0 Å². The summed E-state index contributed by atoms with van der Waals surface area (Å²) >= 11 is 1.79. The van der Waals surface area contributed by atoms with Gasteiger partial charge >= 0.3 is 0 Å². The fourth-order valence-corrected chi connectivity index (χ4v) is 2.58. The Labute approximate surface area is 107 Å². The SMILES string of the molecule is C/C=C(\c1ccccc1)c1ccccc1SC. The fraction of sp³-hybridized carbons (Fsp3) is 0.125. The number of hydrogen-bond acceptors (Lipinski definition) is 1. The van der Waals surface area contributed by atoms with Gasteiger partial charge in [-0.05, 0) is 35.9 Å². The van der Waals surface area contributed by atoms with Gasteiger partial charge in [0.15, 0.2) is 0 Å². The molecule has 0 radical (unpaired) electrons. The summed E-state index contributed by atoms with van der Waals surface area (Å²) in [5.74, 6) is 0. The van der Waals surface area contributed by atoms with Crippen LogP contribution in [0.25, 0.3) is 5.57 Å². The van der Waals surface area contributed by atoms with Gasteiger partial charge in [0.05, 0.1) is 0 Å². The molecule has 0 saturated heterocycles. The third-order valence-corrected chi connectivity index (χ3v) is 3.57. The van der Waals surface area contributed by atoms with E-state index in [1.807, 2.05) is 0 Å². The summed E-state index contributed by atoms with van der Waals surface area (Å²) in [7, 11) is 0. The van der Waals surface area contributed by atoms with E-state index in [0.29, 0.717) is 0 Å². The second-order valence-corrected chi connectivity index (χ2v) is 4.62. The third kappa shape index (κ3) is 2.62. The Balaban J connectivity index is 2.51. The maximum atomic E-state index is 2.19. The van der Waals surface area contributed by atoms with E-state index in [-0.39, 0.29) is 0 Å². The molecule has 17 heavy (non-hydrogen) atoms. The molecule has 0 unspecified atom stereocenters. The molecule has 0 aliphatic carbocycles. The van der Waals surface area contributed by atoms with Crippen molar-refractivity contribution in [2.75, 3.05) is 6.26 Å². The number of allylic oxidation sites excluding steroid dienone is 1. The number of benzene rings is 2. The lowest BCUT2D eigenvalue weighted by atomic mass is 9.98. The van der Waals surface area contributed by atoms with E-state index in [9.17, 15) is 0 Å². The number of rotatable bonds is 3. The van der Waals surface area contributed by atoms with E-state index in [0.717, 1.165) is 0 Å². The van der Waals surface area contributed by atoms with Crippen molar-refractivity contribution >= 4 is 17.3 Å². The molecule has 0 aliphatic rings. The number of hydrogen-bond donors (Lipinski definition) is 0. The van der Waals surface area contributed by atoms with Crippen molar-refractivity contribution in [1.82, 2.24) is 0 Å². The van der Waals surface area contributed by atoms with E-state index in [1.54, 1.807) is 11.8 Å². The second-order valence-electron chi connectivity index (χ2n) is 3.77. The van der Waals surface area contributed by atoms with Crippen LogP contribution in [-0.4, -0.2) is 6.26 Å². The van der Waals surface area contributed by atoms with E-state index in [2.05, 4.69) is 73.9 Å². The zero-order valence-corrected chi connectivity index (χ0v) is 11.0. The predicted molar refractivity (Wildman–Crippen MR) is 77.4 cm³/mol. The van der Waals surface area contributed by atoms with Crippen LogP contribution in [0.2, 0.25) is 0 Å². The summed E-state index contributed by atoms with van der Waals surface area (Å²) in [6.45, 7) is 2.10. The van der Waals surface area contributed by atoms with Gasteiger partial charge in [-0.1, -0.05) is 54.6 Å². The molecule has 86 valence electrons. The maximum Gasteiger partial charge on any atom is 0.0148 e. The summed E-state index contributed by atoms with van der Waals surface area (Å²) < 4.78 is 0. The van der Waals surface area contributed by atoms with Crippen LogP contribution >= 0.6 is 11.8 Å². The van der Waals surface area contributed by atoms with E-state index in [1.165, 1.54) is 21.6 Å². The van der Waals surface area contributed by atoms with Gasteiger partial charge in [-0.15, -0.1) is 11.8 Å². The van der Waals surface area contributed by atoms with Gasteiger partial charge in [-0.3, -0.25) is 0 Å². The highest BCUT2D eigenvalue weighted by molar-refractivity contribution is 7.98. The van der Waals surface area contributed by atoms with Gasteiger partial charge in [0, 0.05) is 4.90 Å². The van der Waals surface area contributed by atoms with E-state index >= 15 is 0 Å². The fourth-order valence-electron chi connectivity index (χ4n) is 1.96. The lowest BCUT2D eigenvalue weighted by molar-refractivity contribution is 1.38. The molecule has 0 amide bonds. The zero-order chi connectivity index (χ0) is 12.1. The van der Waals surface area contributed by atoms with Crippen molar-refractivity contribution in [3.63, 3.8) is 0 Å². The minimum Gasteiger partial charge on any atom is -0.129 e. The lowest BCUT2D eigenvalue weighted by Gasteiger charge is -2.11. The largest absolute Gasteiger partial charge is 0.129 e. The third-order valence-electron chi connectivity index (χ3n) is 2.77. The van der Waals surface area contributed by atoms with Crippen molar-refractivity contribution in [3.8, 4) is 0 Å². The summed E-state index contributed by atoms with van der Waals surface area (Å²) in [6.07, 6.45) is 4.31. The molecule has 2 aromatic carbocycles. The van der Waals surface area contributed by atoms with Gasteiger partial charge in [0.2, 0.25) is 0 Å². The predicted octanol–water partition coefficient (Wildman–Crippen LogP) is 4.86. The first-order valence-electron chi connectivity index (χ1n) is 5.72. The van der Waals surface area contributed by atoms with Gasteiger partial charge < -0.3 is 0 Å². The van der Waals surface area contributed by atoms with Gasteiger partial charge in [0.25, 0.3) is 0 Å². The Kier molecular flexibility index (Phi) is 4.05. The smallest absolute Gasteiger partial charge is 0.0148 e. The molecule has 0 nitrogen and oxygen atoms in total. The molecular weight excluding hydrogens is 224 g/mol. The monoisotopic (exact) mass is 240 g/mol. The normalized spacial score (nSPS) is 11.5. The summed E-state index contributed by atoms with van der Waals surface area (Å²) in [4.78, 5) is 1.32. The van der Waals surface area contributed by atoms with Gasteiger partial charge in [-0.25, -0.2) is 0 Å². The molecule has 2 rings (SSSR count). The molecule has 0 heterocycles. The average Bonchev–Trinajstić information content (AvgIpc) is 2.41. The first kappa shape index (κ1) is 12.0. The highest BCUT2D eigenvalue weighted by Gasteiger charge is 2.07. The standard InChI is InChI=1S/C16H16S/c1-3-14(13-9-5-4-6-10-13)15-11-7-8-12-16(15)17-2/h3-12H,1-2H3/b14-3+. The Morgan fingerprint density at radius 1 is 0.941 bits per heavy atom. The molecule has 0 atom stereocenters. The Morgan fingerprint density at radius 3 is 2.24 bits per heavy atom. The Hall–Kier alpha value is -1.47. The van der Waals surface area contributed by atoms with Crippen LogP contribution in [0.4, 0.5) is 0 Å². The van der Waals surface area contributed by atoms with Crippen LogP contribution < -0.4 is 0 Å². The minimum absolute atomic E-state index is 1.27. The quantitative estimate of drug-likeness (QED) is 0.690. The molecular formula is C16H16S. The van der Waals surface area contributed by atoms with Crippen molar-refractivity contribution in [1.29, 1.82) is 0 Å². The molecule has 0 spiro atoms. The lowest BCUT2D eigenvalue weighted by Crippen LogP contribution is -1.89. The second kappa shape index (κ2) is 5.74. The van der Waals surface area contributed by atoms with Gasteiger partial charge in [0.1, 0.15) is 0 Å². The van der Waals surface area contributed by atoms with E-state index in [4.69, 9.17) is 0 Å². The van der Waals surface area contributed by atoms with Gasteiger partial charge in [-0.2, -0.15) is 0 Å². The van der Waals surface area contributed by atoms with Crippen LogP contribution in [0, 0.1) is 0 Å². The average molecular weight is 240 g/mol. The first-order valence-corrected chi connectivity index (χ1v) is 6.94. The summed E-state index contributed by atoms with van der Waals surface area (Å²) in [5, 5.41) is 0. The molecule has 0 aromatic heterocycles. The Morgan fingerprint density at radius 2 is 1.59 bits per heavy atom. The zero-order valence-electron chi connectivity index (χ0n) is 10.2. The highest BCUT2D eigenvalue weighted by atomic mass is 32.2. The van der Waals surface area contributed by atoms with Crippen LogP contribution in [0.3, 0.4) is 0 Å². The topological polar surface area (TPSA) is 0 Å². The molecule has 1 heteroatoms. The van der Waals surface area contributed by atoms with Crippen LogP contribution in [0.5, 0.6) is 0 Å². The minimum atomic E-state index is 1.27. The highest BCUT2D eigenvalue weighted by Crippen LogP contribution is 2.30. The molecule has 2 aromatic rings. The van der Waals surface area contributed by atoms with Crippen LogP contribution in [-0.2, 0) is 0 Å². The molecule has 0 N–H and O–H groups in total. The first-order chi connectivity index (χ1) is 8.36. The van der Waals surface area contributed by atoms with Crippen LogP contribution in [0.15, 0.2) is 65.6 Å². The molecule has 0 saturated carbocycles. The van der Waals surface area contributed by atoms with Crippen molar-refractivity contribution in [2.24, 2.45) is 0 Å². The molecule has 0 aliphatic heterocycles. The Bertz CT molecular complexity index is 512. The van der Waals surface area contributed by atoms with Crippen LogP contribution in [0.1, 0.15) is 18.1 Å². The summed E-state index contributed by atoms with van der Waals surface area (Å²) in [6, 6.07) is 19.1. The van der Waals surface area contributed by atoms with Crippen molar-refractivity contribution in [3.05, 3.63) is 71.8 Å². The maximum absolute atomic E-state index is 2.19.